The largest absolute Gasteiger partial charge is 0.325 e. The van der Waals surface area contributed by atoms with Crippen molar-refractivity contribution in [2.75, 3.05) is 24.2 Å². The molecule has 0 aliphatic rings. The molecule has 2 aromatic rings. The van der Waals surface area contributed by atoms with E-state index in [9.17, 15) is 9.59 Å². The van der Waals surface area contributed by atoms with Gasteiger partial charge in [-0.1, -0.05) is 52.5 Å². The van der Waals surface area contributed by atoms with Crippen LogP contribution < -0.4 is 10.6 Å². The summed E-state index contributed by atoms with van der Waals surface area (Å²) < 4.78 is 0. The zero-order chi connectivity index (χ0) is 20.1. The lowest BCUT2D eigenvalue weighted by molar-refractivity contribution is -0.122. The maximum atomic E-state index is 12.4. The van der Waals surface area contributed by atoms with Gasteiger partial charge in [-0.2, -0.15) is 0 Å². The number of hydrogen-bond donors (Lipinski definition) is 2. The second kappa shape index (κ2) is 9.62. The van der Waals surface area contributed by atoms with Crippen LogP contribution in [-0.2, 0) is 9.59 Å². The summed E-state index contributed by atoms with van der Waals surface area (Å²) in [5.74, 6) is -0.611. The van der Waals surface area contributed by atoms with E-state index in [1.165, 1.54) is 0 Å². The quantitative estimate of drug-likeness (QED) is 0.638. The summed E-state index contributed by atoms with van der Waals surface area (Å²) in [6.07, 6.45) is 0. The number of benzene rings is 2. The molecule has 27 heavy (non-hydrogen) atoms. The number of likely N-dealkylation sites (N-methyl/N-ethyl adjacent to an activating group) is 1. The van der Waals surface area contributed by atoms with Crippen LogP contribution in [-0.4, -0.2) is 36.3 Å². The Morgan fingerprint density at radius 2 is 1.70 bits per heavy atom. The van der Waals surface area contributed by atoms with Gasteiger partial charge in [0.25, 0.3) is 0 Å². The predicted octanol–water partition coefficient (Wildman–Crippen LogP) is 5.20. The van der Waals surface area contributed by atoms with E-state index in [4.69, 9.17) is 46.4 Å². The number of carbonyl (C=O) groups is 2. The first-order chi connectivity index (χ1) is 12.7. The third kappa shape index (κ3) is 5.99. The molecule has 0 aliphatic heterocycles. The Labute approximate surface area is 177 Å². The maximum absolute atomic E-state index is 12.4. The molecule has 2 amide bonds. The van der Waals surface area contributed by atoms with Crippen molar-refractivity contribution in [1.29, 1.82) is 0 Å². The van der Waals surface area contributed by atoms with Crippen LogP contribution in [0, 0.1) is 0 Å². The van der Waals surface area contributed by atoms with E-state index in [0.717, 1.165) is 0 Å². The molecule has 0 bridgehead atoms. The maximum Gasteiger partial charge on any atom is 0.241 e. The first-order valence-corrected chi connectivity index (χ1v) is 9.40. The summed E-state index contributed by atoms with van der Waals surface area (Å²) in [5, 5.41) is 6.76. The molecule has 1 unspecified atom stereocenters. The average molecular weight is 449 g/mol. The van der Waals surface area contributed by atoms with Crippen molar-refractivity contribution in [2.24, 2.45) is 0 Å². The van der Waals surface area contributed by atoms with Crippen molar-refractivity contribution in [3.05, 3.63) is 56.5 Å². The van der Waals surface area contributed by atoms with Crippen LogP contribution >= 0.6 is 46.4 Å². The third-order valence-electron chi connectivity index (χ3n) is 3.85. The Hall–Kier alpha value is -1.50. The van der Waals surface area contributed by atoms with Gasteiger partial charge in [0.15, 0.2) is 0 Å². The van der Waals surface area contributed by atoms with Crippen molar-refractivity contribution >= 4 is 69.6 Å². The first-order valence-electron chi connectivity index (χ1n) is 7.89. The summed E-state index contributed by atoms with van der Waals surface area (Å²) in [6.45, 7) is 1.68. The number of amides is 2. The predicted molar refractivity (Wildman–Crippen MR) is 112 cm³/mol. The van der Waals surface area contributed by atoms with Gasteiger partial charge >= 0.3 is 0 Å². The third-order valence-corrected chi connectivity index (χ3v) is 5.40. The normalized spacial score (nSPS) is 12.0. The van der Waals surface area contributed by atoms with Gasteiger partial charge in [0.1, 0.15) is 0 Å². The zero-order valence-corrected chi connectivity index (χ0v) is 17.5. The number of rotatable bonds is 6. The van der Waals surface area contributed by atoms with Crippen molar-refractivity contribution in [3.63, 3.8) is 0 Å². The zero-order valence-electron chi connectivity index (χ0n) is 14.5. The molecule has 0 aliphatic carbocycles. The van der Waals surface area contributed by atoms with Gasteiger partial charge in [-0.25, -0.2) is 0 Å². The fourth-order valence-electron chi connectivity index (χ4n) is 2.18. The Bertz CT molecular complexity index is 860. The molecule has 0 saturated carbocycles. The number of nitrogens with one attached hydrogen (secondary N) is 2. The van der Waals surface area contributed by atoms with Crippen molar-refractivity contribution in [2.45, 2.75) is 13.0 Å². The highest BCUT2D eigenvalue weighted by molar-refractivity contribution is 6.44. The van der Waals surface area contributed by atoms with E-state index in [0.29, 0.717) is 26.4 Å². The highest BCUT2D eigenvalue weighted by atomic mass is 35.5. The number of hydrogen-bond acceptors (Lipinski definition) is 3. The van der Waals surface area contributed by atoms with E-state index in [1.807, 2.05) is 0 Å². The van der Waals surface area contributed by atoms with E-state index in [1.54, 1.807) is 55.3 Å². The van der Waals surface area contributed by atoms with Gasteiger partial charge < -0.3 is 10.6 Å². The molecule has 144 valence electrons. The Morgan fingerprint density at radius 3 is 2.37 bits per heavy atom. The van der Waals surface area contributed by atoms with E-state index in [-0.39, 0.29) is 23.4 Å². The van der Waals surface area contributed by atoms with E-state index in [2.05, 4.69) is 10.6 Å². The van der Waals surface area contributed by atoms with Crippen LogP contribution in [0.2, 0.25) is 20.1 Å². The van der Waals surface area contributed by atoms with Gasteiger partial charge in [-0.15, -0.1) is 0 Å². The van der Waals surface area contributed by atoms with Crippen molar-refractivity contribution in [1.82, 2.24) is 4.90 Å². The fourth-order valence-corrected chi connectivity index (χ4v) is 2.82. The molecule has 5 nitrogen and oxygen atoms in total. The number of nitrogens with zero attached hydrogens (tertiary/aromatic N) is 1. The molecule has 9 heteroatoms. The monoisotopic (exact) mass is 447 g/mol. The van der Waals surface area contributed by atoms with Crippen molar-refractivity contribution < 1.29 is 9.59 Å². The van der Waals surface area contributed by atoms with Gasteiger partial charge in [0.2, 0.25) is 11.8 Å². The minimum Gasteiger partial charge on any atom is -0.325 e. The van der Waals surface area contributed by atoms with Gasteiger partial charge in [-0.3, -0.25) is 14.5 Å². The van der Waals surface area contributed by atoms with Crippen LogP contribution in [0.15, 0.2) is 36.4 Å². The SMILES string of the molecule is CC(C(=O)Nc1cccc(Cl)c1Cl)N(C)CC(=O)Nc1ccc(Cl)c(Cl)c1. The lowest BCUT2D eigenvalue weighted by Crippen LogP contribution is -2.43. The van der Waals surface area contributed by atoms with Gasteiger partial charge in [0, 0.05) is 5.69 Å². The fraction of sp³-hybridized carbons (Fsp3) is 0.222. The summed E-state index contributed by atoms with van der Waals surface area (Å²) in [6, 6.07) is 9.16. The average Bonchev–Trinajstić information content (AvgIpc) is 2.61. The molecule has 0 fully saturated rings. The first kappa shape index (κ1) is 21.8. The molecule has 0 saturated heterocycles. The van der Waals surface area contributed by atoms with E-state index < -0.39 is 6.04 Å². The van der Waals surface area contributed by atoms with Crippen LogP contribution in [0.4, 0.5) is 11.4 Å². The standard InChI is InChI=1S/C18H17Cl4N3O2/c1-10(18(27)24-15-5-3-4-13(20)17(15)22)25(2)9-16(26)23-11-6-7-12(19)14(21)8-11/h3-8,10H,9H2,1-2H3,(H,23,26)(H,24,27). The second-order valence-corrected chi connectivity index (χ2v) is 7.46. The molecule has 1 atom stereocenters. The number of halogens is 4. The van der Waals surface area contributed by atoms with Crippen LogP contribution in [0.25, 0.3) is 0 Å². The molecule has 0 spiro atoms. The van der Waals surface area contributed by atoms with Crippen LogP contribution in [0.5, 0.6) is 0 Å². The Kier molecular flexibility index (Phi) is 7.77. The van der Waals surface area contributed by atoms with Crippen LogP contribution in [0.3, 0.4) is 0 Å². The minimum atomic E-state index is -0.584. The van der Waals surface area contributed by atoms with Crippen molar-refractivity contribution in [3.8, 4) is 0 Å². The molecular formula is C18H17Cl4N3O2. The van der Waals surface area contributed by atoms with E-state index >= 15 is 0 Å². The lowest BCUT2D eigenvalue weighted by Gasteiger charge is -2.23. The van der Waals surface area contributed by atoms with Gasteiger partial charge in [0.05, 0.1) is 38.4 Å². The Balaban J connectivity index is 1.94. The molecule has 2 rings (SSSR count). The minimum absolute atomic E-state index is 0.00187. The summed E-state index contributed by atoms with van der Waals surface area (Å²) >= 11 is 23.8. The number of carbonyl (C=O) groups excluding carboxylic acids is 2. The summed E-state index contributed by atoms with van der Waals surface area (Å²) in [4.78, 5) is 26.2. The summed E-state index contributed by atoms with van der Waals surface area (Å²) in [5.41, 5.74) is 0.931. The van der Waals surface area contributed by atoms with Gasteiger partial charge in [-0.05, 0) is 44.3 Å². The molecule has 0 radical (unpaired) electrons. The number of anilines is 2. The highest BCUT2D eigenvalue weighted by Crippen LogP contribution is 2.29. The molecule has 2 aromatic carbocycles. The second-order valence-electron chi connectivity index (χ2n) is 5.86. The Morgan fingerprint density at radius 1 is 1.00 bits per heavy atom. The molecular weight excluding hydrogens is 432 g/mol. The molecule has 0 heterocycles. The highest BCUT2D eigenvalue weighted by Gasteiger charge is 2.21. The summed E-state index contributed by atoms with van der Waals surface area (Å²) in [7, 11) is 1.66. The van der Waals surface area contributed by atoms with Crippen LogP contribution in [0.1, 0.15) is 6.92 Å². The topological polar surface area (TPSA) is 61.4 Å². The lowest BCUT2D eigenvalue weighted by atomic mass is 10.2. The molecule has 0 aromatic heterocycles. The smallest absolute Gasteiger partial charge is 0.241 e. The molecule has 2 N–H and O–H groups in total.